The molecule has 0 spiro atoms. The molecule has 0 radical (unpaired) electrons. The second-order valence-electron chi connectivity index (χ2n) is 3.79. The third kappa shape index (κ3) is 2.73. The van der Waals surface area contributed by atoms with Crippen LogP contribution in [-0.2, 0) is 6.18 Å². The summed E-state index contributed by atoms with van der Waals surface area (Å²) >= 11 is 0. The lowest BCUT2D eigenvalue weighted by Gasteiger charge is -2.10. The number of carboxylic acids is 1. The smallest absolute Gasteiger partial charge is 0.417 e. The minimum Gasteiger partial charge on any atom is -0.476 e. The number of pyridine rings is 1. The number of alkyl halides is 3. The van der Waals surface area contributed by atoms with Crippen LogP contribution in [0.25, 0.3) is 11.1 Å². The Morgan fingerprint density at radius 3 is 2.32 bits per heavy atom. The van der Waals surface area contributed by atoms with Crippen LogP contribution >= 0.6 is 0 Å². The van der Waals surface area contributed by atoms with Gasteiger partial charge in [0.15, 0.2) is 5.69 Å². The summed E-state index contributed by atoms with van der Waals surface area (Å²) < 4.78 is 37.9. The van der Waals surface area contributed by atoms with Crippen LogP contribution < -0.4 is 0 Å². The number of halogens is 3. The quantitative estimate of drug-likeness (QED) is 0.906. The number of aromatic nitrogens is 1. The summed E-state index contributed by atoms with van der Waals surface area (Å²) in [6, 6.07) is 8.77. The first-order valence-electron chi connectivity index (χ1n) is 5.25. The van der Waals surface area contributed by atoms with Crippen molar-refractivity contribution in [2.45, 2.75) is 6.18 Å². The monoisotopic (exact) mass is 267 g/mol. The Labute approximate surface area is 106 Å². The van der Waals surface area contributed by atoms with Crippen LogP contribution in [0.1, 0.15) is 16.1 Å². The molecule has 0 saturated heterocycles. The van der Waals surface area contributed by atoms with Gasteiger partial charge in [0.1, 0.15) is 0 Å². The van der Waals surface area contributed by atoms with E-state index in [2.05, 4.69) is 4.98 Å². The molecule has 1 aromatic carbocycles. The van der Waals surface area contributed by atoms with Crippen LogP contribution in [-0.4, -0.2) is 16.1 Å². The fraction of sp³-hybridized carbons (Fsp3) is 0.0769. The lowest BCUT2D eigenvalue weighted by Crippen LogP contribution is -2.10. The van der Waals surface area contributed by atoms with E-state index in [1.807, 2.05) is 0 Å². The molecular weight excluding hydrogens is 259 g/mol. The molecule has 0 unspecified atom stereocenters. The molecule has 98 valence electrons. The molecular formula is C13H8F3NO2. The maximum atomic E-state index is 12.6. The molecule has 0 aliphatic rings. The summed E-state index contributed by atoms with van der Waals surface area (Å²) in [6.07, 6.45) is -4.04. The van der Waals surface area contributed by atoms with Gasteiger partial charge < -0.3 is 5.11 Å². The Morgan fingerprint density at radius 2 is 1.79 bits per heavy atom. The van der Waals surface area contributed by atoms with Crippen molar-refractivity contribution in [3.63, 3.8) is 0 Å². The highest BCUT2D eigenvalue weighted by Crippen LogP contribution is 2.32. The van der Waals surface area contributed by atoms with E-state index in [1.165, 1.54) is 12.1 Å². The Hall–Kier alpha value is -2.37. The van der Waals surface area contributed by atoms with Crippen molar-refractivity contribution in [1.29, 1.82) is 0 Å². The van der Waals surface area contributed by atoms with Crippen molar-refractivity contribution in [1.82, 2.24) is 4.98 Å². The average molecular weight is 267 g/mol. The van der Waals surface area contributed by atoms with Gasteiger partial charge in [0.05, 0.1) is 5.56 Å². The molecule has 3 nitrogen and oxygen atoms in total. The fourth-order valence-electron chi connectivity index (χ4n) is 1.63. The van der Waals surface area contributed by atoms with Crippen LogP contribution in [0.2, 0.25) is 0 Å². The summed E-state index contributed by atoms with van der Waals surface area (Å²) in [7, 11) is 0. The topological polar surface area (TPSA) is 50.2 Å². The standard InChI is InChI=1S/C13H8F3NO2/c14-13(15,16)9-6-10(8-4-2-1-3-5-8)11(12(18)19)17-7-9/h1-7H,(H,18,19). The minimum atomic E-state index is -4.56. The van der Waals surface area contributed by atoms with Gasteiger partial charge in [-0.1, -0.05) is 30.3 Å². The van der Waals surface area contributed by atoms with Gasteiger partial charge in [-0.2, -0.15) is 13.2 Å². The number of aromatic carboxylic acids is 1. The van der Waals surface area contributed by atoms with Crippen LogP contribution in [0.15, 0.2) is 42.6 Å². The molecule has 0 fully saturated rings. The zero-order chi connectivity index (χ0) is 14.0. The van der Waals surface area contributed by atoms with Crippen molar-refractivity contribution in [3.8, 4) is 11.1 Å². The Kier molecular flexibility index (Phi) is 3.25. The van der Waals surface area contributed by atoms with E-state index in [0.29, 0.717) is 11.8 Å². The lowest BCUT2D eigenvalue weighted by atomic mass is 10.0. The molecule has 0 aliphatic heterocycles. The zero-order valence-electron chi connectivity index (χ0n) is 9.48. The molecule has 0 bridgehead atoms. The third-order valence-corrected chi connectivity index (χ3v) is 2.50. The molecule has 0 saturated carbocycles. The van der Waals surface area contributed by atoms with Crippen molar-refractivity contribution < 1.29 is 23.1 Å². The van der Waals surface area contributed by atoms with E-state index in [-0.39, 0.29) is 5.56 Å². The first-order valence-corrected chi connectivity index (χ1v) is 5.25. The predicted octanol–water partition coefficient (Wildman–Crippen LogP) is 3.47. The molecule has 0 aliphatic carbocycles. The van der Waals surface area contributed by atoms with Gasteiger partial charge in [0, 0.05) is 11.8 Å². The largest absolute Gasteiger partial charge is 0.476 e. The number of rotatable bonds is 2. The van der Waals surface area contributed by atoms with Crippen molar-refractivity contribution in [3.05, 3.63) is 53.9 Å². The normalized spacial score (nSPS) is 11.3. The first kappa shape index (κ1) is 13.1. The van der Waals surface area contributed by atoms with E-state index in [1.54, 1.807) is 18.2 Å². The highest BCUT2D eigenvalue weighted by atomic mass is 19.4. The summed E-state index contributed by atoms with van der Waals surface area (Å²) in [5.74, 6) is -1.37. The maximum absolute atomic E-state index is 12.6. The van der Waals surface area contributed by atoms with E-state index in [4.69, 9.17) is 5.11 Å². The van der Waals surface area contributed by atoms with E-state index < -0.39 is 23.4 Å². The van der Waals surface area contributed by atoms with Crippen LogP contribution in [0.5, 0.6) is 0 Å². The fourth-order valence-corrected chi connectivity index (χ4v) is 1.63. The molecule has 2 aromatic rings. The van der Waals surface area contributed by atoms with Crippen molar-refractivity contribution in [2.75, 3.05) is 0 Å². The van der Waals surface area contributed by atoms with Gasteiger partial charge in [-0.25, -0.2) is 9.78 Å². The highest BCUT2D eigenvalue weighted by Gasteiger charge is 2.32. The second kappa shape index (κ2) is 4.72. The van der Waals surface area contributed by atoms with Gasteiger partial charge in [-0.05, 0) is 11.6 Å². The highest BCUT2D eigenvalue weighted by molar-refractivity contribution is 5.94. The number of hydrogen-bond acceptors (Lipinski definition) is 2. The Balaban J connectivity index is 2.65. The summed E-state index contributed by atoms with van der Waals surface area (Å²) in [6.45, 7) is 0. The van der Waals surface area contributed by atoms with Gasteiger partial charge in [-0.15, -0.1) is 0 Å². The third-order valence-electron chi connectivity index (χ3n) is 2.50. The van der Waals surface area contributed by atoms with E-state index >= 15 is 0 Å². The Bertz CT molecular complexity index is 609. The van der Waals surface area contributed by atoms with Crippen LogP contribution in [0, 0.1) is 0 Å². The molecule has 0 atom stereocenters. The summed E-state index contributed by atoms with van der Waals surface area (Å²) in [5, 5.41) is 8.98. The van der Waals surface area contributed by atoms with Gasteiger partial charge in [-0.3, -0.25) is 0 Å². The van der Waals surface area contributed by atoms with Crippen molar-refractivity contribution >= 4 is 5.97 Å². The Morgan fingerprint density at radius 1 is 1.16 bits per heavy atom. The molecule has 19 heavy (non-hydrogen) atoms. The minimum absolute atomic E-state index is 0.0528. The average Bonchev–Trinajstić information content (AvgIpc) is 2.38. The molecule has 1 aromatic heterocycles. The van der Waals surface area contributed by atoms with E-state index in [9.17, 15) is 18.0 Å². The number of nitrogens with zero attached hydrogens (tertiary/aromatic N) is 1. The first-order chi connectivity index (χ1) is 8.89. The number of hydrogen-bond donors (Lipinski definition) is 1. The maximum Gasteiger partial charge on any atom is 0.417 e. The predicted molar refractivity (Wildman–Crippen MR) is 61.6 cm³/mol. The molecule has 1 heterocycles. The van der Waals surface area contributed by atoms with Crippen LogP contribution in [0.3, 0.4) is 0 Å². The molecule has 1 N–H and O–H groups in total. The van der Waals surface area contributed by atoms with Gasteiger partial charge in [0.2, 0.25) is 0 Å². The summed E-state index contributed by atoms with van der Waals surface area (Å²) in [5.41, 5.74) is -1.06. The van der Waals surface area contributed by atoms with Gasteiger partial charge in [0.25, 0.3) is 0 Å². The van der Waals surface area contributed by atoms with Gasteiger partial charge >= 0.3 is 12.1 Å². The second-order valence-corrected chi connectivity index (χ2v) is 3.79. The zero-order valence-corrected chi connectivity index (χ0v) is 9.48. The number of carboxylic acid groups (broad SMARTS) is 1. The number of benzene rings is 1. The molecule has 0 amide bonds. The molecule has 2 rings (SSSR count). The summed E-state index contributed by atoms with van der Waals surface area (Å²) in [4.78, 5) is 14.4. The lowest BCUT2D eigenvalue weighted by molar-refractivity contribution is -0.137. The van der Waals surface area contributed by atoms with Crippen molar-refractivity contribution in [2.24, 2.45) is 0 Å². The molecule has 6 heteroatoms. The number of carbonyl (C=O) groups is 1. The van der Waals surface area contributed by atoms with E-state index in [0.717, 1.165) is 6.07 Å². The SMILES string of the molecule is O=C(O)c1ncc(C(F)(F)F)cc1-c1ccccc1. The van der Waals surface area contributed by atoms with Crippen LogP contribution in [0.4, 0.5) is 13.2 Å².